The van der Waals surface area contributed by atoms with Crippen LogP contribution in [-0.4, -0.2) is 40.4 Å². The predicted molar refractivity (Wildman–Crippen MR) is 83.8 cm³/mol. The molecule has 0 aromatic heterocycles. The van der Waals surface area contributed by atoms with Crippen molar-refractivity contribution in [2.75, 3.05) is 18.1 Å². The molecule has 0 saturated heterocycles. The smallest absolute Gasteiger partial charge is 0.230 e. The van der Waals surface area contributed by atoms with E-state index >= 15 is 0 Å². The third-order valence-electron chi connectivity index (χ3n) is 2.59. The van der Waals surface area contributed by atoms with E-state index in [2.05, 4.69) is 17.4 Å². The van der Waals surface area contributed by atoms with Crippen LogP contribution in [0, 0.1) is 0 Å². The number of benzene rings is 1. The van der Waals surface area contributed by atoms with E-state index in [9.17, 15) is 9.90 Å². The Balaban J connectivity index is 2.08. The fourth-order valence-corrected chi connectivity index (χ4v) is 2.86. The Morgan fingerprint density at radius 1 is 1.32 bits per heavy atom. The summed E-state index contributed by atoms with van der Waals surface area (Å²) in [7, 11) is 0. The Morgan fingerprint density at radius 3 is 2.63 bits per heavy atom. The van der Waals surface area contributed by atoms with Gasteiger partial charge in [-0.2, -0.15) is 0 Å². The van der Waals surface area contributed by atoms with Gasteiger partial charge in [0.2, 0.25) is 5.91 Å². The first-order valence-corrected chi connectivity index (χ1v) is 8.37. The molecule has 1 aromatic rings. The predicted octanol–water partition coefficient (Wildman–Crippen LogP) is 2.40. The number of rotatable bonds is 8. The highest BCUT2D eigenvalue weighted by Crippen LogP contribution is 2.16. The third-order valence-corrected chi connectivity index (χ3v) is 4.96. The van der Waals surface area contributed by atoms with E-state index in [1.165, 1.54) is 16.7 Å². The molecule has 0 aliphatic rings. The molecule has 1 rings (SSSR count). The van der Waals surface area contributed by atoms with E-state index in [-0.39, 0.29) is 17.3 Å². The van der Waals surface area contributed by atoms with Crippen molar-refractivity contribution in [3.05, 3.63) is 30.3 Å². The number of nitrogens with one attached hydrogen (secondary N) is 1. The van der Waals surface area contributed by atoms with Crippen molar-refractivity contribution in [2.24, 2.45) is 0 Å². The minimum Gasteiger partial charge on any atom is -0.392 e. The molecule has 0 heterocycles. The van der Waals surface area contributed by atoms with Gasteiger partial charge in [0.15, 0.2) is 0 Å². The van der Waals surface area contributed by atoms with Crippen LogP contribution in [0.25, 0.3) is 0 Å². The molecule has 0 saturated carbocycles. The van der Waals surface area contributed by atoms with Gasteiger partial charge in [-0.3, -0.25) is 4.79 Å². The highest BCUT2D eigenvalue weighted by Gasteiger charge is 2.11. The maximum absolute atomic E-state index is 11.6. The van der Waals surface area contributed by atoms with E-state index < -0.39 is 0 Å². The molecule has 0 fully saturated rings. The molecule has 106 valence electrons. The standard InChI is InChI=1S/C14H21NO2S2/c1-11(16)12(2)19-10-14(17)15-8-9-18-13-6-4-3-5-7-13/h3-7,11-12,16H,8-10H2,1-2H3,(H,15,17). The lowest BCUT2D eigenvalue weighted by molar-refractivity contribution is -0.118. The molecular formula is C14H21NO2S2. The summed E-state index contributed by atoms with van der Waals surface area (Å²) in [5.41, 5.74) is 0. The van der Waals surface area contributed by atoms with Crippen molar-refractivity contribution in [3.8, 4) is 0 Å². The number of aliphatic hydroxyl groups is 1. The summed E-state index contributed by atoms with van der Waals surface area (Å²) in [6.45, 7) is 4.34. The number of hydrogen-bond acceptors (Lipinski definition) is 4. The molecule has 2 unspecified atom stereocenters. The van der Waals surface area contributed by atoms with Crippen LogP contribution in [0.3, 0.4) is 0 Å². The van der Waals surface area contributed by atoms with Crippen molar-refractivity contribution in [2.45, 2.75) is 30.1 Å². The molecule has 0 radical (unpaired) electrons. The average Bonchev–Trinajstić information content (AvgIpc) is 2.42. The summed E-state index contributed by atoms with van der Waals surface area (Å²) in [5.74, 6) is 1.31. The van der Waals surface area contributed by atoms with Gasteiger partial charge in [0, 0.05) is 22.4 Å². The van der Waals surface area contributed by atoms with Crippen molar-refractivity contribution < 1.29 is 9.90 Å². The van der Waals surface area contributed by atoms with Gasteiger partial charge in [0.1, 0.15) is 0 Å². The van der Waals surface area contributed by atoms with Crippen LogP contribution >= 0.6 is 23.5 Å². The number of hydrogen-bond donors (Lipinski definition) is 2. The molecule has 2 N–H and O–H groups in total. The maximum Gasteiger partial charge on any atom is 0.230 e. The molecule has 0 spiro atoms. The average molecular weight is 299 g/mol. The Kier molecular flexibility index (Phi) is 8.02. The third kappa shape index (κ3) is 7.50. The van der Waals surface area contributed by atoms with Crippen molar-refractivity contribution in [1.82, 2.24) is 5.32 Å². The molecule has 0 bridgehead atoms. The number of aliphatic hydroxyl groups excluding tert-OH is 1. The lowest BCUT2D eigenvalue weighted by Gasteiger charge is -2.13. The highest BCUT2D eigenvalue weighted by molar-refractivity contribution is 8.00. The van der Waals surface area contributed by atoms with Crippen molar-refractivity contribution in [3.63, 3.8) is 0 Å². The quantitative estimate of drug-likeness (QED) is 0.572. The Morgan fingerprint density at radius 2 is 2.00 bits per heavy atom. The summed E-state index contributed by atoms with van der Waals surface area (Å²) >= 11 is 3.21. The van der Waals surface area contributed by atoms with Crippen LogP contribution in [0.1, 0.15) is 13.8 Å². The molecule has 3 nitrogen and oxygen atoms in total. The van der Waals surface area contributed by atoms with Gasteiger partial charge in [-0.25, -0.2) is 0 Å². The van der Waals surface area contributed by atoms with Gasteiger partial charge < -0.3 is 10.4 Å². The van der Waals surface area contributed by atoms with E-state index in [1.54, 1.807) is 18.7 Å². The summed E-state index contributed by atoms with van der Waals surface area (Å²) in [6, 6.07) is 10.1. The summed E-state index contributed by atoms with van der Waals surface area (Å²) in [4.78, 5) is 12.8. The number of amides is 1. The first-order valence-electron chi connectivity index (χ1n) is 6.34. The van der Waals surface area contributed by atoms with Crippen LogP contribution in [0.4, 0.5) is 0 Å². The summed E-state index contributed by atoms with van der Waals surface area (Å²) in [5, 5.41) is 12.3. The molecule has 0 aliphatic carbocycles. The van der Waals surface area contributed by atoms with E-state index in [4.69, 9.17) is 0 Å². The second kappa shape index (κ2) is 9.28. The maximum atomic E-state index is 11.6. The van der Waals surface area contributed by atoms with Gasteiger partial charge in [-0.15, -0.1) is 23.5 Å². The second-order valence-corrected chi connectivity index (χ2v) is 6.80. The lowest BCUT2D eigenvalue weighted by atomic mass is 10.3. The molecule has 1 amide bonds. The van der Waals surface area contributed by atoms with Crippen LogP contribution in [0.5, 0.6) is 0 Å². The largest absolute Gasteiger partial charge is 0.392 e. The molecule has 5 heteroatoms. The molecule has 19 heavy (non-hydrogen) atoms. The molecule has 1 aromatic carbocycles. The minimum atomic E-state index is -0.383. The first-order chi connectivity index (χ1) is 9.09. The summed E-state index contributed by atoms with van der Waals surface area (Å²) < 4.78 is 0. The number of carbonyl (C=O) groups is 1. The minimum absolute atomic E-state index is 0.0335. The van der Waals surface area contributed by atoms with Crippen LogP contribution in [0.15, 0.2) is 35.2 Å². The van der Waals surface area contributed by atoms with E-state index in [0.717, 1.165) is 5.75 Å². The van der Waals surface area contributed by atoms with Crippen LogP contribution < -0.4 is 5.32 Å². The van der Waals surface area contributed by atoms with Gasteiger partial charge >= 0.3 is 0 Å². The van der Waals surface area contributed by atoms with E-state index in [0.29, 0.717) is 12.3 Å². The van der Waals surface area contributed by atoms with Gasteiger partial charge in [0.25, 0.3) is 0 Å². The fourth-order valence-electron chi connectivity index (χ4n) is 1.27. The summed E-state index contributed by atoms with van der Waals surface area (Å²) in [6.07, 6.45) is -0.383. The Bertz CT molecular complexity index is 371. The van der Waals surface area contributed by atoms with Crippen LogP contribution in [-0.2, 0) is 4.79 Å². The highest BCUT2D eigenvalue weighted by atomic mass is 32.2. The zero-order chi connectivity index (χ0) is 14.1. The fraction of sp³-hybridized carbons (Fsp3) is 0.500. The van der Waals surface area contributed by atoms with E-state index in [1.807, 2.05) is 25.1 Å². The Labute approximate surface area is 123 Å². The lowest BCUT2D eigenvalue weighted by Crippen LogP contribution is -2.29. The zero-order valence-corrected chi connectivity index (χ0v) is 13.0. The van der Waals surface area contributed by atoms with Crippen LogP contribution in [0.2, 0.25) is 0 Å². The number of carbonyl (C=O) groups excluding carboxylic acids is 1. The number of thioether (sulfide) groups is 2. The topological polar surface area (TPSA) is 49.3 Å². The van der Waals surface area contributed by atoms with Crippen molar-refractivity contribution in [1.29, 1.82) is 0 Å². The molecular weight excluding hydrogens is 278 g/mol. The van der Waals surface area contributed by atoms with Gasteiger partial charge in [-0.05, 0) is 19.1 Å². The normalized spacial score (nSPS) is 13.8. The SMILES string of the molecule is CC(O)C(C)SCC(=O)NCCSc1ccccc1. The van der Waals surface area contributed by atoms with Gasteiger partial charge in [0.05, 0.1) is 11.9 Å². The zero-order valence-electron chi connectivity index (χ0n) is 11.3. The molecule has 0 aliphatic heterocycles. The first kappa shape index (κ1) is 16.4. The van der Waals surface area contributed by atoms with Crippen molar-refractivity contribution >= 4 is 29.4 Å². The van der Waals surface area contributed by atoms with Gasteiger partial charge in [-0.1, -0.05) is 25.1 Å². The molecule has 2 atom stereocenters. The monoisotopic (exact) mass is 299 g/mol. The Hall–Kier alpha value is -0.650. The second-order valence-electron chi connectivity index (χ2n) is 4.27.